The van der Waals surface area contributed by atoms with E-state index in [0.717, 1.165) is 6.42 Å². The smallest absolute Gasteiger partial charge is 0.360 e. The molecule has 3 amide bonds. The van der Waals surface area contributed by atoms with E-state index in [-0.39, 0.29) is 12.2 Å². The van der Waals surface area contributed by atoms with Gasteiger partial charge in [0.05, 0.1) is 12.8 Å². The number of imide groups is 1. The summed E-state index contributed by atoms with van der Waals surface area (Å²) in [6.45, 7) is 3.98. The molecule has 0 fully saturated rings. The lowest BCUT2D eigenvalue weighted by molar-refractivity contribution is -0.120. The summed E-state index contributed by atoms with van der Waals surface area (Å²) in [7, 11) is 1.24. The minimum absolute atomic E-state index is 0.0724. The van der Waals surface area contributed by atoms with Gasteiger partial charge in [-0.05, 0) is 12.8 Å². The largest absolute Gasteiger partial charge is 0.464 e. The number of nitrogens with zero attached hydrogens (tertiary/aromatic N) is 3. The molecule has 1 rings (SSSR count). The van der Waals surface area contributed by atoms with E-state index in [2.05, 4.69) is 25.7 Å². The highest BCUT2D eigenvalue weighted by atomic mass is 16.5. The molecule has 0 saturated heterocycles. The van der Waals surface area contributed by atoms with Gasteiger partial charge in [-0.1, -0.05) is 19.1 Å². The molecule has 0 unspecified atom stereocenters. The van der Waals surface area contributed by atoms with Crippen molar-refractivity contribution in [2.24, 2.45) is 0 Å². The molecule has 0 bridgehead atoms. The molecule has 0 aliphatic carbocycles. The molecular formula is C12H19N5O4. The van der Waals surface area contributed by atoms with Gasteiger partial charge in [0, 0.05) is 6.54 Å². The van der Waals surface area contributed by atoms with Crippen molar-refractivity contribution in [3.05, 3.63) is 11.4 Å². The number of rotatable bonds is 6. The number of ether oxygens (including phenoxy) is 1. The molecule has 1 aromatic rings. The van der Waals surface area contributed by atoms with Gasteiger partial charge in [0.1, 0.15) is 6.54 Å². The van der Waals surface area contributed by atoms with E-state index in [1.165, 1.54) is 11.8 Å². The van der Waals surface area contributed by atoms with Gasteiger partial charge in [0.25, 0.3) is 0 Å². The van der Waals surface area contributed by atoms with Crippen molar-refractivity contribution >= 4 is 17.9 Å². The summed E-state index contributed by atoms with van der Waals surface area (Å²) in [5.41, 5.74) is 0.550. The van der Waals surface area contributed by atoms with Crippen LogP contribution in [0.2, 0.25) is 0 Å². The summed E-state index contributed by atoms with van der Waals surface area (Å²) < 4.78 is 5.86. The highest BCUT2D eigenvalue weighted by Gasteiger charge is 2.20. The Morgan fingerprint density at radius 1 is 1.29 bits per heavy atom. The van der Waals surface area contributed by atoms with Gasteiger partial charge >= 0.3 is 12.0 Å². The van der Waals surface area contributed by atoms with E-state index in [9.17, 15) is 14.4 Å². The number of aromatic nitrogens is 3. The van der Waals surface area contributed by atoms with Gasteiger partial charge in [0.15, 0.2) is 5.69 Å². The predicted molar refractivity (Wildman–Crippen MR) is 72.6 cm³/mol. The Morgan fingerprint density at radius 2 is 2.00 bits per heavy atom. The molecule has 0 atom stereocenters. The Kier molecular flexibility index (Phi) is 6.31. The van der Waals surface area contributed by atoms with Gasteiger partial charge in [-0.15, -0.1) is 5.10 Å². The van der Waals surface area contributed by atoms with Gasteiger partial charge in [-0.3, -0.25) is 10.1 Å². The highest BCUT2D eigenvalue weighted by Crippen LogP contribution is 2.07. The maximum Gasteiger partial charge on any atom is 0.360 e. The zero-order valence-electron chi connectivity index (χ0n) is 12.3. The van der Waals surface area contributed by atoms with Crippen LogP contribution in [0.1, 0.15) is 36.5 Å². The number of amides is 3. The lowest BCUT2D eigenvalue weighted by Gasteiger charge is -2.07. The van der Waals surface area contributed by atoms with Crippen molar-refractivity contribution in [2.45, 2.75) is 33.2 Å². The van der Waals surface area contributed by atoms with Crippen LogP contribution < -0.4 is 10.6 Å². The van der Waals surface area contributed by atoms with Crippen LogP contribution in [0, 0.1) is 0 Å². The summed E-state index contributed by atoms with van der Waals surface area (Å²) in [5.74, 6) is -1.15. The molecule has 0 aromatic carbocycles. The number of hydrogen-bond donors (Lipinski definition) is 2. The molecule has 1 heterocycles. The van der Waals surface area contributed by atoms with Crippen LogP contribution in [0.3, 0.4) is 0 Å². The number of carbonyl (C=O) groups is 3. The molecule has 0 saturated carbocycles. The van der Waals surface area contributed by atoms with E-state index in [1.807, 2.05) is 6.92 Å². The second-order valence-corrected chi connectivity index (χ2v) is 4.19. The van der Waals surface area contributed by atoms with E-state index >= 15 is 0 Å². The van der Waals surface area contributed by atoms with Crippen LogP contribution in [0.25, 0.3) is 0 Å². The van der Waals surface area contributed by atoms with Gasteiger partial charge in [0.2, 0.25) is 5.91 Å². The molecule has 9 heteroatoms. The summed E-state index contributed by atoms with van der Waals surface area (Å²) in [6, 6.07) is -0.562. The minimum Gasteiger partial charge on any atom is -0.464 e. The molecule has 116 valence electrons. The highest BCUT2D eigenvalue weighted by molar-refractivity contribution is 5.94. The first-order chi connectivity index (χ1) is 10.0. The standard InChI is InChI=1S/C12H19N5O4/c1-4-6-13-12(20)14-9(18)7-17-8(5-2)10(15-16-17)11(19)21-3/h4-7H2,1-3H3,(H2,13,14,18,20). The molecule has 0 spiro atoms. The van der Waals surface area contributed by atoms with Crippen molar-refractivity contribution in [1.82, 2.24) is 25.6 Å². The number of carbonyl (C=O) groups excluding carboxylic acids is 3. The lowest BCUT2D eigenvalue weighted by atomic mass is 10.2. The zero-order valence-corrected chi connectivity index (χ0v) is 12.3. The van der Waals surface area contributed by atoms with Crippen molar-refractivity contribution in [2.75, 3.05) is 13.7 Å². The Balaban J connectivity index is 2.70. The molecule has 0 radical (unpaired) electrons. The van der Waals surface area contributed by atoms with Crippen LogP contribution >= 0.6 is 0 Å². The number of esters is 1. The van der Waals surface area contributed by atoms with E-state index in [4.69, 9.17) is 0 Å². The summed E-state index contributed by atoms with van der Waals surface area (Å²) in [5, 5.41) is 12.1. The number of urea groups is 1. The first-order valence-corrected chi connectivity index (χ1v) is 6.61. The average Bonchev–Trinajstić information content (AvgIpc) is 2.86. The molecule has 0 aliphatic rings. The topological polar surface area (TPSA) is 115 Å². The van der Waals surface area contributed by atoms with Gasteiger partial charge < -0.3 is 10.1 Å². The maximum atomic E-state index is 11.7. The SMILES string of the molecule is CCCNC(=O)NC(=O)Cn1nnc(C(=O)OC)c1CC. The van der Waals surface area contributed by atoms with Crippen molar-refractivity contribution in [3.63, 3.8) is 0 Å². The lowest BCUT2D eigenvalue weighted by Crippen LogP contribution is -2.41. The third kappa shape index (κ3) is 4.55. The summed E-state index contributed by atoms with van der Waals surface area (Å²) >= 11 is 0. The fraction of sp³-hybridized carbons (Fsp3) is 0.583. The van der Waals surface area contributed by atoms with E-state index < -0.39 is 17.9 Å². The van der Waals surface area contributed by atoms with Crippen LogP contribution in [-0.2, 0) is 22.5 Å². The first-order valence-electron chi connectivity index (χ1n) is 6.61. The Morgan fingerprint density at radius 3 is 2.57 bits per heavy atom. The fourth-order valence-electron chi connectivity index (χ4n) is 1.65. The Bertz CT molecular complexity index is 526. The van der Waals surface area contributed by atoms with E-state index in [0.29, 0.717) is 18.7 Å². The van der Waals surface area contributed by atoms with Crippen molar-refractivity contribution in [1.29, 1.82) is 0 Å². The summed E-state index contributed by atoms with van der Waals surface area (Å²) in [4.78, 5) is 34.6. The second kappa shape index (κ2) is 7.98. The zero-order chi connectivity index (χ0) is 15.8. The Hall–Kier alpha value is -2.45. The fourth-order valence-corrected chi connectivity index (χ4v) is 1.65. The Labute approximate surface area is 122 Å². The predicted octanol–water partition coefficient (Wildman–Crippen LogP) is -0.137. The van der Waals surface area contributed by atoms with Gasteiger partial charge in [-0.2, -0.15) is 0 Å². The minimum atomic E-state index is -0.612. The normalized spacial score (nSPS) is 10.0. The number of methoxy groups -OCH3 is 1. The second-order valence-electron chi connectivity index (χ2n) is 4.19. The molecule has 2 N–H and O–H groups in total. The number of nitrogens with one attached hydrogen (secondary N) is 2. The molecule has 9 nitrogen and oxygen atoms in total. The van der Waals surface area contributed by atoms with Crippen LogP contribution in [0.15, 0.2) is 0 Å². The number of hydrogen-bond acceptors (Lipinski definition) is 6. The summed E-state index contributed by atoms with van der Waals surface area (Å²) in [6.07, 6.45) is 1.22. The first kappa shape index (κ1) is 16.6. The van der Waals surface area contributed by atoms with Crippen LogP contribution in [0.4, 0.5) is 4.79 Å². The van der Waals surface area contributed by atoms with Crippen molar-refractivity contribution < 1.29 is 19.1 Å². The monoisotopic (exact) mass is 297 g/mol. The van der Waals surface area contributed by atoms with Gasteiger partial charge in [-0.25, -0.2) is 14.3 Å². The third-order valence-electron chi connectivity index (χ3n) is 2.63. The van der Waals surface area contributed by atoms with Crippen LogP contribution in [0.5, 0.6) is 0 Å². The quantitative estimate of drug-likeness (QED) is 0.706. The molecular weight excluding hydrogens is 278 g/mol. The van der Waals surface area contributed by atoms with Crippen molar-refractivity contribution in [3.8, 4) is 0 Å². The average molecular weight is 297 g/mol. The third-order valence-corrected chi connectivity index (χ3v) is 2.63. The molecule has 1 aromatic heterocycles. The van der Waals surface area contributed by atoms with Crippen LogP contribution in [-0.4, -0.2) is 46.6 Å². The van der Waals surface area contributed by atoms with E-state index in [1.54, 1.807) is 6.92 Å². The molecule has 21 heavy (non-hydrogen) atoms. The molecule has 0 aliphatic heterocycles. The maximum absolute atomic E-state index is 11.7.